The Balaban J connectivity index is 2.01. The number of hydrogen-bond acceptors (Lipinski definition) is 3. The molecule has 1 aliphatic heterocycles. The number of hydrogen-bond donors (Lipinski definition) is 2. The quantitative estimate of drug-likeness (QED) is 0.853. The van der Waals surface area contributed by atoms with E-state index in [1.54, 1.807) is 0 Å². The molecule has 0 bridgehead atoms. The lowest BCUT2D eigenvalue weighted by molar-refractivity contribution is 0.114. The molecule has 2 unspecified atom stereocenters. The van der Waals surface area contributed by atoms with Crippen LogP contribution < -0.4 is 5.32 Å². The van der Waals surface area contributed by atoms with Gasteiger partial charge in [0.05, 0.1) is 6.61 Å². The Labute approximate surface area is 116 Å². The third-order valence-corrected chi connectivity index (χ3v) is 4.29. The zero-order valence-electron chi connectivity index (χ0n) is 12.1. The van der Waals surface area contributed by atoms with Crippen LogP contribution in [0.25, 0.3) is 0 Å². The number of likely N-dealkylation sites (tertiary alicyclic amines) is 1. The first-order valence-electron chi connectivity index (χ1n) is 7.34. The zero-order chi connectivity index (χ0) is 13.7. The molecule has 2 rings (SSSR count). The van der Waals surface area contributed by atoms with Crippen molar-refractivity contribution in [2.24, 2.45) is 0 Å². The van der Waals surface area contributed by atoms with Gasteiger partial charge in [-0.05, 0) is 44.5 Å². The molecule has 0 spiro atoms. The summed E-state index contributed by atoms with van der Waals surface area (Å²) in [6.07, 6.45) is 3.94. The highest BCUT2D eigenvalue weighted by molar-refractivity contribution is 5.22. The van der Waals surface area contributed by atoms with E-state index in [9.17, 15) is 0 Å². The molecular weight excluding hydrogens is 236 g/mol. The summed E-state index contributed by atoms with van der Waals surface area (Å²) >= 11 is 0. The van der Waals surface area contributed by atoms with E-state index >= 15 is 0 Å². The molecule has 0 aliphatic carbocycles. The standard InChI is InChI=1S/C16H26N2O/c1-13(17-2)16-5-3-4-10-18(16)11-14-6-8-15(12-19)9-7-14/h6-9,13,16-17,19H,3-5,10-12H2,1-2H3. The lowest BCUT2D eigenvalue weighted by Gasteiger charge is -2.39. The second-order valence-electron chi connectivity index (χ2n) is 5.59. The van der Waals surface area contributed by atoms with Crippen molar-refractivity contribution >= 4 is 0 Å². The van der Waals surface area contributed by atoms with Gasteiger partial charge in [-0.2, -0.15) is 0 Å². The summed E-state index contributed by atoms with van der Waals surface area (Å²) in [7, 11) is 2.05. The molecule has 19 heavy (non-hydrogen) atoms. The van der Waals surface area contributed by atoms with Gasteiger partial charge in [-0.1, -0.05) is 30.7 Å². The molecule has 1 fully saturated rings. The molecule has 1 aromatic rings. The molecule has 1 aliphatic rings. The van der Waals surface area contributed by atoms with Crippen molar-refractivity contribution in [3.05, 3.63) is 35.4 Å². The number of rotatable bonds is 5. The number of nitrogens with zero attached hydrogens (tertiary/aromatic N) is 1. The highest BCUT2D eigenvalue weighted by atomic mass is 16.3. The summed E-state index contributed by atoms with van der Waals surface area (Å²) in [5, 5.41) is 12.5. The molecule has 0 radical (unpaired) electrons. The van der Waals surface area contributed by atoms with Crippen molar-refractivity contribution in [2.75, 3.05) is 13.6 Å². The maximum atomic E-state index is 9.08. The fraction of sp³-hybridized carbons (Fsp3) is 0.625. The predicted octanol–water partition coefficient (Wildman–Crippen LogP) is 2.14. The predicted molar refractivity (Wildman–Crippen MR) is 78.9 cm³/mol. The van der Waals surface area contributed by atoms with Crippen molar-refractivity contribution in [2.45, 2.75) is 51.4 Å². The molecule has 0 saturated carbocycles. The molecule has 3 heteroatoms. The summed E-state index contributed by atoms with van der Waals surface area (Å²) in [4.78, 5) is 2.60. The molecule has 1 aromatic carbocycles. The van der Waals surface area contributed by atoms with Gasteiger partial charge in [0.1, 0.15) is 0 Å². The maximum absolute atomic E-state index is 9.08. The van der Waals surface area contributed by atoms with Gasteiger partial charge in [0.25, 0.3) is 0 Å². The Morgan fingerprint density at radius 2 is 1.95 bits per heavy atom. The molecule has 2 atom stereocenters. The van der Waals surface area contributed by atoms with Gasteiger partial charge in [0.15, 0.2) is 0 Å². The van der Waals surface area contributed by atoms with Gasteiger partial charge in [0, 0.05) is 18.6 Å². The number of benzene rings is 1. The topological polar surface area (TPSA) is 35.5 Å². The van der Waals surface area contributed by atoms with E-state index in [2.05, 4.69) is 29.3 Å². The van der Waals surface area contributed by atoms with Crippen LogP contribution in [0, 0.1) is 0 Å². The van der Waals surface area contributed by atoms with E-state index in [1.165, 1.54) is 31.4 Å². The number of aliphatic hydroxyl groups excluding tert-OH is 1. The Bertz CT molecular complexity index is 377. The van der Waals surface area contributed by atoms with Crippen LogP contribution in [-0.4, -0.2) is 35.7 Å². The molecule has 0 aromatic heterocycles. The van der Waals surface area contributed by atoms with Gasteiger partial charge in [-0.15, -0.1) is 0 Å². The Morgan fingerprint density at radius 3 is 2.58 bits per heavy atom. The first-order chi connectivity index (χ1) is 9.24. The molecular formula is C16H26N2O. The van der Waals surface area contributed by atoms with Crippen LogP contribution in [0.5, 0.6) is 0 Å². The van der Waals surface area contributed by atoms with Crippen LogP contribution in [0.1, 0.15) is 37.3 Å². The van der Waals surface area contributed by atoms with Crippen LogP contribution >= 0.6 is 0 Å². The lowest BCUT2D eigenvalue weighted by Crippen LogP contribution is -2.49. The van der Waals surface area contributed by atoms with Crippen LogP contribution in [0.3, 0.4) is 0 Å². The highest BCUT2D eigenvalue weighted by Gasteiger charge is 2.26. The zero-order valence-corrected chi connectivity index (χ0v) is 12.1. The number of likely N-dealkylation sites (N-methyl/N-ethyl adjacent to an activating group) is 1. The molecule has 1 heterocycles. The average molecular weight is 262 g/mol. The average Bonchev–Trinajstić information content (AvgIpc) is 2.48. The maximum Gasteiger partial charge on any atom is 0.0681 e. The van der Waals surface area contributed by atoms with Crippen molar-refractivity contribution in [1.82, 2.24) is 10.2 Å². The summed E-state index contributed by atoms with van der Waals surface area (Å²) in [6.45, 7) is 4.61. The lowest BCUT2D eigenvalue weighted by atomic mass is 9.96. The van der Waals surface area contributed by atoms with Gasteiger partial charge in [-0.25, -0.2) is 0 Å². The third-order valence-electron chi connectivity index (χ3n) is 4.29. The molecule has 3 nitrogen and oxygen atoms in total. The molecule has 0 amide bonds. The summed E-state index contributed by atoms with van der Waals surface area (Å²) in [5.74, 6) is 0. The van der Waals surface area contributed by atoms with Crippen molar-refractivity contribution in [3.8, 4) is 0 Å². The van der Waals surface area contributed by atoms with Gasteiger partial charge < -0.3 is 10.4 Å². The molecule has 106 valence electrons. The Morgan fingerprint density at radius 1 is 1.26 bits per heavy atom. The Kier molecular flexibility index (Phi) is 5.37. The van der Waals surface area contributed by atoms with E-state index < -0.39 is 0 Å². The monoisotopic (exact) mass is 262 g/mol. The minimum absolute atomic E-state index is 0.128. The summed E-state index contributed by atoms with van der Waals surface area (Å²) < 4.78 is 0. The number of piperidine rings is 1. The van der Waals surface area contributed by atoms with Crippen molar-refractivity contribution in [1.29, 1.82) is 0 Å². The van der Waals surface area contributed by atoms with E-state index in [0.717, 1.165) is 12.1 Å². The van der Waals surface area contributed by atoms with Crippen LogP contribution in [0.4, 0.5) is 0 Å². The first-order valence-corrected chi connectivity index (χ1v) is 7.34. The fourth-order valence-electron chi connectivity index (χ4n) is 2.96. The molecule has 1 saturated heterocycles. The largest absolute Gasteiger partial charge is 0.392 e. The van der Waals surface area contributed by atoms with E-state index in [0.29, 0.717) is 12.1 Å². The second kappa shape index (κ2) is 7.04. The minimum atomic E-state index is 0.128. The van der Waals surface area contributed by atoms with E-state index in [4.69, 9.17) is 5.11 Å². The molecule has 2 N–H and O–H groups in total. The van der Waals surface area contributed by atoms with Crippen LogP contribution in [-0.2, 0) is 13.2 Å². The van der Waals surface area contributed by atoms with E-state index in [1.807, 2.05) is 19.2 Å². The van der Waals surface area contributed by atoms with Crippen LogP contribution in [0.2, 0.25) is 0 Å². The van der Waals surface area contributed by atoms with Gasteiger partial charge in [-0.3, -0.25) is 4.90 Å². The summed E-state index contributed by atoms with van der Waals surface area (Å²) in [6, 6.07) is 9.50. The van der Waals surface area contributed by atoms with Crippen molar-refractivity contribution < 1.29 is 5.11 Å². The van der Waals surface area contributed by atoms with Crippen LogP contribution in [0.15, 0.2) is 24.3 Å². The van der Waals surface area contributed by atoms with E-state index in [-0.39, 0.29) is 6.61 Å². The Hall–Kier alpha value is -0.900. The van der Waals surface area contributed by atoms with Crippen molar-refractivity contribution in [3.63, 3.8) is 0 Å². The minimum Gasteiger partial charge on any atom is -0.392 e. The van der Waals surface area contributed by atoms with Gasteiger partial charge >= 0.3 is 0 Å². The fourth-order valence-corrected chi connectivity index (χ4v) is 2.96. The normalized spacial score (nSPS) is 22.4. The van der Waals surface area contributed by atoms with Gasteiger partial charge in [0.2, 0.25) is 0 Å². The SMILES string of the molecule is CNC(C)C1CCCCN1Cc1ccc(CO)cc1. The third kappa shape index (κ3) is 3.78. The number of nitrogens with one attached hydrogen (secondary N) is 1. The first kappa shape index (κ1) is 14.5. The number of aliphatic hydroxyl groups is 1. The smallest absolute Gasteiger partial charge is 0.0681 e. The summed E-state index contributed by atoms with van der Waals surface area (Å²) in [5.41, 5.74) is 2.33. The highest BCUT2D eigenvalue weighted by Crippen LogP contribution is 2.22. The second-order valence-corrected chi connectivity index (χ2v) is 5.59.